The predicted molar refractivity (Wildman–Crippen MR) is 132 cm³/mol. The SMILES string of the molecule is CC(C)COc1nccc2cc(Nc3nc(NC4CCCCC4N)c(F)cc3C(N)=O)ccc12. The predicted octanol–water partition coefficient (Wildman–Crippen LogP) is 4.33. The van der Waals surface area contributed by atoms with Crippen molar-refractivity contribution < 1.29 is 13.9 Å². The molecule has 8 nitrogen and oxygen atoms in total. The van der Waals surface area contributed by atoms with E-state index in [9.17, 15) is 9.18 Å². The van der Waals surface area contributed by atoms with Gasteiger partial charge in [0, 0.05) is 29.4 Å². The number of carbonyl (C=O) groups excluding carboxylic acids is 1. The molecular formula is C25H31FN6O2. The monoisotopic (exact) mass is 466 g/mol. The summed E-state index contributed by atoms with van der Waals surface area (Å²) in [5, 5.41) is 8.01. The number of amides is 1. The molecule has 1 fully saturated rings. The molecular weight excluding hydrogens is 435 g/mol. The fourth-order valence-corrected chi connectivity index (χ4v) is 4.11. The van der Waals surface area contributed by atoms with E-state index in [1.807, 2.05) is 24.3 Å². The number of carbonyl (C=O) groups is 1. The molecule has 180 valence electrons. The van der Waals surface area contributed by atoms with E-state index in [1.54, 1.807) is 6.20 Å². The molecule has 1 aromatic carbocycles. The van der Waals surface area contributed by atoms with Crippen LogP contribution < -0.4 is 26.8 Å². The molecule has 0 radical (unpaired) electrons. The number of nitrogens with two attached hydrogens (primary N) is 2. The van der Waals surface area contributed by atoms with Gasteiger partial charge in [0.25, 0.3) is 5.91 Å². The molecule has 34 heavy (non-hydrogen) atoms. The molecule has 9 heteroatoms. The third kappa shape index (κ3) is 5.36. The third-order valence-corrected chi connectivity index (χ3v) is 5.93. The van der Waals surface area contributed by atoms with Gasteiger partial charge < -0.3 is 26.8 Å². The lowest BCUT2D eigenvalue weighted by molar-refractivity contribution is 0.100. The van der Waals surface area contributed by atoms with Crippen molar-refractivity contribution in [3.05, 3.63) is 47.9 Å². The van der Waals surface area contributed by atoms with E-state index in [0.29, 0.717) is 24.1 Å². The number of anilines is 3. The average Bonchev–Trinajstić information content (AvgIpc) is 2.80. The number of halogens is 1. The number of hydrogen-bond acceptors (Lipinski definition) is 7. The van der Waals surface area contributed by atoms with Crippen LogP contribution in [0, 0.1) is 11.7 Å². The van der Waals surface area contributed by atoms with Crippen LogP contribution in [0.15, 0.2) is 36.5 Å². The minimum Gasteiger partial charge on any atom is -0.477 e. The normalized spacial score (nSPS) is 18.1. The molecule has 3 aromatic rings. The zero-order chi connectivity index (χ0) is 24.2. The van der Waals surface area contributed by atoms with Crippen molar-refractivity contribution >= 4 is 34.0 Å². The quantitative estimate of drug-likeness (QED) is 0.389. The summed E-state index contributed by atoms with van der Waals surface area (Å²) in [5.74, 6) is -0.265. The molecule has 2 atom stereocenters. The second kappa shape index (κ2) is 10.2. The van der Waals surface area contributed by atoms with Gasteiger partial charge in [-0.25, -0.2) is 14.4 Å². The second-order valence-corrected chi connectivity index (χ2v) is 9.16. The van der Waals surface area contributed by atoms with Gasteiger partial charge in [0.1, 0.15) is 5.82 Å². The van der Waals surface area contributed by atoms with Crippen molar-refractivity contribution in [2.24, 2.45) is 17.4 Å². The zero-order valence-corrected chi connectivity index (χ0v) is 19.5. The van der Waals surface area contributed by atoms with E-state index < -0.39 is 11.7 Å². The van der Waals surface area contributed by atoms with Gasteiger partial charge in [-0.15, -0.1) is 0 Å². The van der Waals surface area contributed by atoms with Gasteiger partial charge in [-0.2, -0.15) is 0 Å². The Labute approximate surface area is 198 Å². The molecule has 0 bridgehead atoms. The standard InChI is InChI=1S/C25H31FN6O2/c1-14(2)13-34-25-17-8-7-16(11-15(17)9-10-29-25)30-23-18(22(28)33)12-19(26)24(32-23)31-21-6-4-3-5-20(21)27/h7-12,14,20-21H,3-6,13,27H2,1-2H3,(H2,28,33)(H2,30,31,32). The summed E-state index contributed by atoms with van der Waals surface area (Å²) in [4.78, 5) is 20.7. The van der Waals surface area contributed by atoms with E-state index in [0.717, 1.165) is 42.5 Å². The highest BCUT2D eigenvalue weighted by molar-refractivity contribution is 5.99. The lowest BCUT2D eigenvalue weighted by Gasteiger charge is -2.30. The van der Waals surface area contributed by atoms with Gasteiger partial charge in [-0.1, -0.05) is 26.7 Å². The van der Waals surface area contributed by atoms with Crippen LogP contribution >= 0.6 is 0 Å². The number of ether oxygens (including phenoxy) is 1. The molecule has 6 N–H and O–H groups in total. The number of hydrogen-bond donors (Lipinski definition) is 4. The lowest BCUT2D eigenvalue weighted by atomic mass is 9.91. The molecule has 1 saturated carbocycles. The Morgan fingerprint density at radius 2 is 2.00 bits per heavy atom. The van der Waals surface area contributed by atoms with Crippen LogP contribution in [0.2, 0.25) is 0 Å². The summed E-state index contributed by atoms with van der Waals surface area (Å²) in [6.07, 6.45) is 5.47. The lowest BCUT2D eigenvalue weighted by Crippen LogP contribution is -2.43. The van der Waals surface area contributed by atoms with Crippen molar-refractivity contribution in [1.29, 1.82) is 0 Å². The fourth-order valence-electron chi connectivity index (χ4n) is 4.11. The van der Waals surface area contributed by atoms with Gasteiger partial charge >= 0.3 is 0 Å². The first kappa shape index (κ1) is 23.7. The molecule has 1 aliphatic carbocycles. The van der Waals surface area contributed by atoms with E-state index in [2.05, 4.69) is 34.4 Å². The molecule has 0 aliphatic heterocycles. The molecule has 1 aliphatic rings. The number of aromatic nitrogens is 2. The summed E-state index contributed by atoms with van der Waals surface area (Å²) in [6, 6.07) is 8.41. The van der Waals surface area contributed by atoms with Crippen LogP contribution in [0.3, 0.4) is 0 Å². The van der Waals surface area contributed by atoms with Crippen molar-refractivity contribution in [3.63, 3.8) is 0 Å². The van der Waals surface area contributed by atoms with Gasteiger partial charge in [0.05, 0.1) is 12.2 Å². The van der Waals surface area contributed by atoms with Crippen molar-refractivity contribution in [2.45, 2.75) is 51.6 Å². The highest BCUT2D eigenvalue weighted by Gasteiger charge is 2.24. The van der Waals surface area contributed by atoms with E-state index in [-0.39, 0.29) is 29.3 Å². The number of nitrogens with zero attached hydrogens (tertiary/aromatic N) is 2. The number of fused-ring (bicyclic) bond motifs is 1. The van der Waals surface area contributed by atoms with Crippen LogP contribution in [0.25, 0.3) is 10.8 Å². The highest BCUT2D eigenvalue weighted by Crippen LogP contribution is 2.30. The van der Waals surface area contributed by atoms with Crippen molar-refractivity contribution in [3.8, 4) is 5.88 Å². The average molecular weight is 467 g/mol. The summed E-state index contributed by atoms with van der Waals surface area (Å²) in [7, 11) is 0. The summed E-state index contributed by atoms with van der Waals surface area (Å²) in [5.41, 5.74) is 12.3. The first-order chi connectivity index (χ1) is 16.3. The minimum absolute atomic E-state index is 0.0354. The van der Waals surface area contributed by atoms with Crippen molar-refractivity contribution in [2.75, 3.05) is 17.2 Å². The minimum atomic E-state index is -0.774. The molecule has 4 rings (SSSR count). The Kier molecular flexibility index (Phi) is 7.12. The van der Waals surface area contributed by atoms with E-state index >= 15 is 0 Å². The molecule has 1 amide bonds. The van der Waals surface area contributed by atoms with Gasteiger partial charge in [-0.3, -0.25) is 4.79 Å². The maximum atomic E-state index is 14.8. The van der Waals surface area contributed by atoms with Gasteiger partial charge in [0.2, 0.25) is 5.88 Å². The Morgan fingerprint density at radius 1 is 1.21 bits per heavy atom. The number of pyridine rings is 2. The number of nitrogens with one attached hydrogen (secondary N) is 2. The smallest absolute Gasteiger partial charge is 0.252 e. The Morgan fingerprint density at radius 3 is 2.74 bits per heavy atom. The first-order valence-corrected chi connectivity index (χ1v) is 11.6. The van der Waals surface area contributed by atoms with Gasteiger partial charge in [0.15, 0.2) is 11.6 Å². The Balaban J connectivity index is 1.63. The van der Waals surface area contributed by atoms with Crippen LogP contribution in [-0.4, -0.2) is 34.6 Å². The van der Waals surface area contributed by atoms with Crippen LogP contribution in [-0.2, 0) is 0 Å². The summed E-state index contributed by atoms with van der Waals surface area (Å²) >= 11 is 0. The highest BCUT2D eigenvalue weighted by atomic mass is 19.1. The number of benzene rings is 1. The van der Waals surface area contributed by atoms with Crippen LogP contribution in [0.1, 0.15) is 49.9 Å². The molecule has 2 aromatic heterocycles. The van der Waals surface area contributed by atoms with E-state index in [1.165, 1.54) is 0 Å². The molecule has 0 saturated heterocycles. The number of primary amides is 1. The molecule has 2 heterocycles. The number of rotatable bonds is 8. The second-order valence-electron chi connectivity index (χ2n) is 9.16. The molecule has 2 unspecified atom stereocenters. The first-order valence-electron chi connectivity index (χ1n) is 11.6. The summed E-state index contributed by atoms with van der Waals surface area (Å²) in [6.45, 7) is 4.71. The van der Waals surface area contributed by atoms with E-state index in [4.69, 9.17) is 16.2 Å². The maximum absolute atomic E-state index is 14.8. The zero-order valence-electron chi connectivity index (χ0n) is 19.5. The Bertz CT molecular complexity index is 1190. The fraction of sp³-hybridized carbons (Fsp3) is 0.400. The largest absolute Gasteiger partial charge is 0.477 e. The van der Waals surface area contributed by atoms with Crippen LogP contribution in [0.5, 0.6) is 5.88 Å². The topological polar surface area (TPSA) is 128 Å². The Hall–Kier alpha value is -3.46. The third-order valence-electron chi connectivity index (χ3n) is 5.93. The maximum Gasteiger partial charge on any atom is 0.252 e. The van der Waals surface area contributed by atoms with Crippen molar-refractivity contribution in [1.82, 2.24) is 9.97 Å². The summed E-state index contributed by atoms with van der Waals surface area (Å²) < 4.78 is 20.6. The molecule has 0 spiro atoms. The van der Waals surface area contributed by atoms with Crippen LogP contribution in [0.4, 0.5) is 21.7 Å². The van der Waals surface area contributed by atoms with Gasteiger partial charge in [-0.05, 0) is 54.5 Å².